The Labute approximate surface area is 232 Å². The minimum Gasteiger partial charge on any atom is -0.493 e. The molecule has 9 heteroatoms. The molecule has 0 saturated carbocycles. The van der Waals surface area contributed by atoms with Crippen molar-refractivity contribution in [3.05, 3.63) is 83.2 Å². The molecule has 1 saturated heterocycles. The van der Waals surface area contributed by atoms with Crippen molar-refractivity contribution in [1.82, 2.24) is 9.80 Å². The van der Waals surface area contributed by atoms with Crippen molar-refractivity contribution in [1.29, 1.82) is 0 Å². The van der Waals surface area contributed by atoms with Gasteiger partial charge in [0, 0.05) is 49.4 Å². The molecule has 0 radical (unpaired) electrons. The summed E-state index contributed by atoms with van der Waals surface area (Å²) in [4.78, 5) is 34.8. The first-order valence-electron chi connectivity index (χ1n) is 12.8. The Kier molecular flexibility index (Phi) is 7.70. The molecule has 2 atom stereocenters. The molecule has 0 unspecified atom stereocenters. The number of likely N-dealkylation sites (N-methyl/N-ethyl adjacent to an activating group) is 1. The van der Waals surface area contributed by atoms with Crippen LogP contribution in [0.15, 0.2) is 65.6 Å². The van der Waals surface area contributed by atoms with Crippen molar-refractivity contribution in [3.63, 3.8) is 0 Å². The van der Waals surface area contributed by atoms with Crippen LogP contribution < -0.4 is 14.4 Å². The zero-order valence-electron chi connectivity index (χ0n) is 22.5. The van der Waals surface area contributed by atoms with E-state index in [9.17, 15) is 14.0 Å². The first-order chi connectivity index (χ1) is 18.9. The lowest BCUT2D eigenvalue weighted by atomic mass is 9.78. The smallest absolute Gasteiger partial charge is 0.254 e. The Morgan fingerprint density at radius 1 is 0.923 bits per heavy atom. The predicted octanol–water partition coefficient (Wildman–Crippen LogP) is 4.82. The lowest BCUT2D eigenvalue weighted by molar-refractivity contribution is -0.134. The van der Waals surface area contributed by atoms with E-state index in [2.05, 4.69) is 4.90 Å². The molecule has 2 heterocycles. The van der Waals surface area contributed by atoms with Gasteiger partial charge in [-0.1, -0.05) is 12.1 Å². The molecule has 5 rings (SSSR count). The maximum atomic E-state index is 14.4. The maximum absolute atomic E-state index is 14.4. The largest absolute Gasteiger partial charge is 0.493 e. The zero-order chi connectivity index (χ0) is 27.7. The van der Waals surface area contributed by atoms with E-state index in [1.54, 1.807) is 55.1 Å². The van der Waals surface area contributed by atoms with Gasteiger partial charge >= 0.3 is 0 Å². The number of rotatable bonds is 6. The van der Waals surface area contributed by atoms with Crippen LogP contribution in [0.1, 0.15) is 33.4 Å². The van der Waals surface area contributed by atoms with Crippen LogP contribution in [-0.2, 0) is 4.79 Å². The summed E-state index contributed by atoms with van der Waals surface area (Å²) in [5.41, 5.74) is 2.91. The molecular weight excluding hydrogens is 517 g/mol. The Balaban J connectivity index is 1.52. The highest BCUT2D eigenvalue weighted by atomic mass is 32.2. The van der Waals surface area contributed by atoms with E-state index in [1.807, 2.05) is 35.4 Å². The molecule has 0 aromatic heterocycles. The van der Waals surface area contributed by atoms with Crippen molar-refractivity contribution in [2.45, 2.75) is 16.9 Å². The number of piperazine rings is 1. The molecule has 7 nitrogen and oxygen atoms in total. The number of nitrogens with zero attached hydrogens (tertiary/aromatic N) is 3. The van der Waals surface area contributed by atoms with E-state index >= 15 is 0 Å². The van der Waals surface area contributed by atoms with Gasteiger partial charge in [-0.25, -0.2) is 4.39 Å². The third-order valence-electron chi connectivity index (χ3n) is 7.68. The Morgan fingerprint density at radius 3 is 2.13 bits per heavy atom. The monoisotopic (exact) mass is 549 g/mol. The summed E-state index contributed by atoms with van der Waals surface area (Å²) < 4.78 is 24.5. The van der Waals surface area contributed by atoms with Crippen LogP contribution in [-0.4, -0.2) is 75.3 Å². The first kappa shape index (κ1) is 26.9. The van der Waals surface area contributed by atoms with Gasteiger partial charge in [-0.05, 0) is 65.9 Å². The molecule has 0 bridgehead atoms. The first-order valence-corrected chi connectivity index (χ1v) is 14.0. The lowest BCUT2D eigenvalue weighted by Crippen LogP contribution is -2.53. The van der Waals surface area contributed by atoms with Gasteiger partial charge in [0.05, 0.1) is 26.2 Å². The molecule has 0 N–H and O–H groups in total. The highest BCUT2D eigenvalue weighted by molar-refractivity contribution is 7.98. The molecule has 39 heavy (non-hydrogen) atoms. The summed E-state index contributed by atoms with van der Waals surface area (Å²) in [6, 6.07) is 17.4. The number of fused-ring (bicyclic) bond motifs is 1. The van der Waals surface area contributed by atoms with Crippen LogP contribution in [0.5, 0.6) is 11.5 Å². The molecule has 2 aliphatic heterocycles. The molecule has 3 aromatic rings. The standard InChI is InChI=1S/C30H32FN3O4S/c1-32-28(19-5-11-22(39-4)12-6-19)27(23-17-25(37-2)26(38-3)18-24(23)29(32)35)30(36)34-15-13-33(14-16-34)21-9-7-20(31)8-10-21/h5-12,17-18,27-28H,13-16H2,1-4H3/t27-,28+/m1/s1. The van der Waals surface area contributed by atoms with Crippen molar-refractivity contribution in [2.24, 2.45) is 0 Å². The van der Waals surface area contributed by atoms with Gasteiger partial charge in [0.25, 0.3) is 5.91 Å². The van der Waals surface area contributed by atoms with Gasteiger partial charge in [-0.2, -0.15) is 0 Å². The number of carbonyl (C=O) groups is 2. The van der Waals surface area contributed by atoms with E-state index in [4.69, 9.17) is 9.47 Å². The number of benzene rings is 3. The van der Waals surface area contributed by atoms with Gasteiger partial charge in [0.2, 0.25) is 5.91 Å². The summed E-state index contributed by atoms with van der Waals surface area (Å²) in [6.07, 6.45) is 2.01. The predicted molar refractivity (Wildman–Crippen MR) is 151 cm³/mol. The minimum atomic E-state index is -0.625. The highest BCUT2D eigenvalue weighted by Gasteiger charge is 2.45. The number of anilines is 1. The van der Waals surface area contributed by atoms with Gasteiger partial charge in [0.15, 0.2) is 11.5 Å². The maximum Gasteiger partial charge on any atom is 0.254 e. The Hall–Kier alpha value is -3.72. The molecule has 204 valence electrons. The van der Waals surface area contributed by atoms with Gasteiger partial charge < -0.3 is 24.2 Å². The van der Waals surface area contributed by atoms with E-state index in [-0.39, 0.29) is 17.6 Å². The zero-order valence-corrected chi connectivity index (χ0v) is 23.3. The number of hydrogen-bond donors (Lipinski definition) is 0. The summed E-state index contributed by atoms with van der Waals surface area (Å²) in [6.45, 7) is 2.30. The van der Waals surface area contributed by atoms with Gasteiger partial charge in [0.1, 0.15) is 5.82 Å². The topological polar surface area (TPSA) is 62.3 Å². The number of amides is 2. The second-order valence-electron chi connectivity index (χ2n) is 9.69. The van der Waals surface area contributed by atoms with Crippen LogP contribution in [0.4, 0.5) is 10.1 Å². The third-order valence-corrected chi connectivity index (χ3v) is 8.42. The number of hydrogen-bond acceptors (Lipinski definition) is 6. The van der Waals surface area contributed by atoms with Crippen LogP contribution in [0, 0.1) is 5.82 Å². The van der Waals surface area contributed by atoms with Crippen molar-refractivity contribution < 1.29 is 23.5 Å². The summed E-state index contributed by atoms with van der Waals surface area (Å²) >= 11 is 1.64. The SMILES string of the molecule is COc1cc2c(cc1OC)[C@@H](C(=O)N1CCN(c3ccc(F)cc3)CC1)[C@H](c1ccc(SC)cc1)N(C)C2=O. The molecule has 1 fully saturated rings. The van der Waals surface area contributed by atoms with E-state index in [0.29, 0.717) is 48.8 Å². The van der Waals surface area contributed by atoms with Gasteiger partial charge in [-0.15, -0.1) is 11.8 Å². The molecule has 2 amide bonds. The minimum absolute atomic E-state index is 0.0412. The third kappa shape index (κ3) is 5.03. The molecule has 3 aromatic carbocycles. The summed E-state index contributed by atoms with van der Waals surface area (Å²) in [7, 11) is 4.83. The second-order valence-corrected chi connectivity index (χ2v) is 10.6. The number of carbonyl (C=O) groups excluding carboxylic acids is 2. The number of methoxy groups -OCH3 is 2. The van der Waals surface area contributed by atoms with Crippen LogP contribution in [0.3, 0.4) is 0 Å². The summed E-state index contributed by atoms with van der Waals surface area (Å²) in [5.74, 6) is -0.189. The lowest BCUT2D eigenvalue weighted by Gasteiger charge is -2.43. The number of halogens is 1. The highest BCUT2D eigenvalue weighted by Crippen LogP contribution is 2.46. The fraction of sp³-hybridized carbons (Fsp3) is 0.333. The Morgan fingerprint density at radius 2 is 1.54 bits per heavy atom. The molecule has 2 aliphatic rings. The molecule has 0 spiro atoms. The van der Waals surface area contributed by atoms with Crippen molar-refractivity contribution in [2.75, 3.05) is 58.6 Å². The molecular formula is C30H32FN3O4S. The van der Waals surface area contributed by atoms with Crippen LogP contribution in [0.25, 0.3) is 0 Å². The normalized spacial score (nSPS) is 19.1. The van der Waals surface area contributed by atoms with E-state index in [0.717, 1.165) is 16.1 Å². The fourth-order valence-electron chi connectivity index (χ4n) is 5.57. The quantitative estimate of drug-likeness (QED) is 0.411. The van der Waals surface area contributed by atoms with Crippen LogP contribution >= 0.6 is 11.8 Å². The fourth-order valence-corrected chi connectivity index (χ4v) is 5.97. The Bertz CT molecular complexity index is 1360. The van der Waals surface area contributed by atoms with Gasteiger partial charge in [-0.3, -0.25) is 9.59 Å². The molecule has 0 aliphatic carbocycles. The number of ether oxygens (including phenoxy) is 2. The second kappa shape index (κ2) is 11.2. The van der Waals surface area contributed by atoms with E-state index < -0.39 is 12.0 Å². The average Bonchev–Trinajstić information content (AvgIpc) is 2.98. The average molecular weight is 550 g/mol. The van der Waals surface area contributed by atoms with Crippen molar-refractivity contribution >= 4 is 29.3 Å². The van der Waals surface area contributed by atoms with E-state index in [1.165, 1.54) is 19.2 Å². The van der Waals surface area contributed by atoms with Crippen molar-refractivity contribution in [3.8, 4) is 11.5 Å². The van der Waals surface area contributed by atoms with Crippen LogP contribution in [0.2, 0.25) is 0 Å². The number of thioether (sulfide) groups is 1. The summed E-state index contributed by atoms with van der Waals surface area (Å²) in [5, 5.41) is 0.